The molecule has 0 amide bonds. The maximum atomic E-state index is 12.5. The third-order valence-corrected chi connectivity index (χ3v) is 6.34. The minimum Gasteiger partial charge on any atom is -0.468 e. The summed E-state index contributed by atoms with van der Waals surface area (Å²) in [6, 6.07) is 4.17. The quantitative estimate of drug-likeness (QED) is 0.208. The van der Waals surface area contributed by atoms with E-state index in [1.54, 1.807) is 10.9 Å². The Hall–Kier alpha value is -1.82. The summed E-state index contributed by atoms with van der Waals surface area (Å²) in [7, 11) is 0. The second-order valence-corrected chi connectivity index (χ2v) is 8.66. The highest BCUT2D eigenvalue weighted by Crippen LogP contribution is 2.25. The fourth-order valence-electron chi connectivity index (χ4n) is 4.65. The van der Waals surface area contributed by atoms with E-state index in [0.29, 0.717) is 13.1 Å². The van der Waals surface area contributed by atoms with Crippen molar-refractivity contribution >= 4 is 29.9 Å². The first-order chi connectivity index (χ1) is 15.8. The summed E-state index contributed by atoms with van der Waals surface area (Å²) in [6.07, 6.45) is 9.43. The van der Waals surface area contributed by atoms with Crippen molar-refractivity contribution in [2.24, 2.45) is 4.99 Å². The fraction of sp³-hybridized carbons (Fsp3) is 0.696. The van der Waals surface area contributed by atoms with Crippen LogP contribution in [-0.2, 0) is 19.5 Å². The lowest BCUT2D eigenvalue weighted by Gasteiger charge is -2.32. The van der Waals surface area contributed by atoms with E-state index in [2.05, 4.69) is 33.6 Å². The Morgan fingerprint density at radius 3 is 2.73 bits per heavy atom. The molecule has 1 saturated heterocycles. The third-order valence-electron chi connectivity index (χ3n) is 6.34. The average molecular weight is 572 g/mol. The Bertz CT molecular complexity index is 916. The number of hydrogen-bond donors (Lipinski definition) is 2. The van der Waals surface area contributed by atoms with Gasteiger partial charge in [0.1, 0.15) is 11.6 Å². The summed E-state index contributed by atoms with van der Waals surface area (Å²) < 4.78 is 9.19. The number of aromatic nitrogens is 3. The van der Waals surface area contributed by atoms with Gasteiger partial charge < -0.3 is 15.1 Å². The van der Waals surface area contributed by atoms with Crippen LogP contribution in [0.5, 0.6) is 0 Å². The molecule has 2 aliphatic heterocycles. The van der Waals surface area contributed by atoms with Crippen molar-refractivity contribution in [3.63, 3.8) is 0 Å². The molecule has 10 heteroatoms. The summed E-state index contributed by atoms with van der Waals surface area (Å²) in [5.74, 6) is 2.72. The Morgan fingerprint density at radius 1 is 1.18 bits per heavy atom. The average Bonchev–Trinajstić information content (AvgIpc) is 3.46. The van der Waals surface area contributed by atoms with Gasteiger partial charge in [0, 0.05) is 32.6 Å². The molecule has 9 nitrogen and oxygen atoms in total. The highest BCUT2D eigenvalue weighted by molar-refractivity contribution is 14.0. The molecule has 33 heavy (non-hydrogen) atoms. The van der Waals surface area contributed by atoms with Gasteiger partial charge in [-0.1, -0.05) is 6.42 Å². The molecule has 0 aromatic carbocycles. The zero-order valence-electron chi connectivity index (χ0n) is 19.7. The van der Waals surface area contributed by atoms with E-state index in [1.165, 1.54) is 19.3 Å². The van der Waals surface area contributed by atoms with Crippen LogP contribution in [-0.4, -0.2) is 57.9 Å². The predicted octanol–water partition coefficient (Wildman–Crippen LogP) is 2.76. The highest BCUT2D eigenvalue weighted by atomic mass is 127. The number of nitrogens with zero attached hydrogens (tertiary/aromatic N) is 5. The summed E-state index contributed by atoms with van der Waals surface area (Å²) in [5.41, 5.74) is 0.0306. The summed E-state index contributed by atoms with van der Waals surface area (Å²) >= 11 is 0. The molecule has 2 aliphatic rings. The van der Waals surface area contributed by atoms with Gasteiger partial charge in [-0.3, -0.25) is 14.5 Å². The normalized spacial score (nSPS) is 17.8. The maximum Gasteiger partial charge on any atom is 0.345 e. The Labute approximate surface area is 213 Å². The second-order valence-electron chi connectivity index (χ2n) is 8.66. The number of likely N-dealkylation sites (tertiary alicyclic amines) is 1. The molecule has 4 rings (SSSR count). The monoisotopic (exact) mass is 571 g/mol. The van der Waals surface area contributed by atoms with Crippen molar-refractivity contribution < 1.29 is 4.42 Å². The molecule has 0 aliphatic carbocycles. The van der Waals surface area contributed by atoms with E-state index >= 15 is 0 Å². The molecular weight excluding hydrogens is 533 g/mol. The van der Waals surface area contributed by atoms with Crippen LogP contribution in [0, 0.1) is 0 Å². The van der Waals surface area contributed by atoms with Gasteiger partial charge in [0.2, 0.25) is 0 Å². The van der Waals surface area contributed by atoms with E-state index in [0.717, 1.165) is 76.0 Å². The van der Waals surface area contributed by atoms with Gasteiger partial charge in [0.15, 0.2) is 5.96 Å². The fourth-order valence-corrected chi connectivity index (χ4v) is 4.65. The number of rotatable bonds is 9. The van der Waals surface area contributed by atoms with Crippen molar-refractivity contribution in [1.29, 1.82) is 0 Å². The molecule has 0 radical (unpaired) electrons. The van der Waals surface area contributed by atoms with Gasteiger partial charge in [-0.05, 0) is 64.3 Å². The van der Waals surface area contributed by atoms with E-state index in [-0.39, 0.29) is 35.7 Å². The number of furan rings is 1. The number of aliphatic imine (C=N–C) groups is 1. The summed E-state index contributed by atoms with van der Waals surface area (Å²) in [4.78, 5) is 19.8. The van der Waals surface area contributed by atoms with Crippen LogP contribution in [0.4, 0.5) is 0 Å². The zero-order valence-corrected chi connectivity index (χ0v) is 22.0. The van der Waals surface area contributed by atoms with E-state index in [1.807, 2.05) is 10.6 Å². The first-order valence-corrected chi connectivity index (χ1v) is 12.2. The van der Waals surface area contributed by atoms with Gasteiger partial charge in [-0.25, -0.2) is 9.48 Å². The van der Waals surface area contributed by atoms with Crippen molar-refractivity contribution in [3.8, 4) is 0 Å². The van der Waals surface area contributed by atoms with Gasteiger partial charge >= 0.3 is 5.69 Å². The van der Waals surface area contributed by atoms with Crippen LogP contribution < -0.4 is 16.3 Å². The maximum absolute atomic E-state index is 12.5. The summed E-state index contributed by atoms with van der Waals surface area (Å²) in [6.45, 7) is 7.86. The van der Waals surface area contributed by atoms with Gasteiger partial charge in [0.25, 0.3) is 0 Å². The Morgan fingerprint density at radius 2 is 2.00 bits per heavy atom. The number of fused-ring (bicyclic) bond motifs is 1. The number of aryl methyl sites for hydroxylation is 2. The number of nitrogens with one attached hydrogen (secondary N) is 2. The molecule has 2 aromatic heterocycles. The smallest absolute Gasteiger partial charge is 0.345 e. The first-order valence-electron chi connectivity index (χ1n) is 12.2. The van der Waals surface area contributed by atoms with Crippen LogP contribution in [0.2, 0.25) is 0 Å². The number of piperidine rings is 1. The van der Waals surface area contributed by atoms with Gasteiger partial charge in [-0.15, -0.1) is 24.0 Å². The molecule has 4 heterocycles. The molecule has 0 saturated carbocycles. The van der Waals surface area contributed by atoms with E-state index in [4.69, 9.17) is 9.41 Å². The molecule has 184 valence electrons. The SMILES string of the molecule is CCNC(=NCC(c1ccco1)N1CCCCC1)NCCCn1nc2n(c1=O)CCCC2.I. The highest BCUT2D eigenvalue weighted by Gasteiger charge is 2.24. The molecule has 1 atom stereocenters. The topological polar surface area (TPSA) is 92.6 Å². The lowest BCUT2D eigenvalue weighted by atomic mass is 10.1. The van der Waals surface area contributed by atoms with Crippen LogP contribution in [0.3, 0.4) is 0 Å². The van der Waals surface area contributed by atoms with Gasteiger partial charge in [0.05, 0.1) is 18.8 Å². The van der Waals surface area contributed by atoms with Crippen molar-refractivity contribution in [3.05, 3.63) is 40.5 Å². The Balaban J connectivity index is 0.00000306. The van der Waals surface area contributed by atoms with Crippen LogP contribution in [0.1, 0.15) is 63.1 Å². The molecule has 0 bridgehead atoms. The van der Waals surface area contributed by atoms with Crippen LogP contribution >= 0.6 is 24.0 Å². The molecule has 2 N–H and O–H groups in total. The number of guanidine groups is 1. The molecule has 1 unspecified atom stereocenters. The van der Waals surface area contributed by atoms with Crippen LogP contribution in [0.15, 0.2) is 32.6 Å². The predicted molar refractivity (Wildman–Crippen MR) is 140 cm³/mol. The minimum atomic E-state index is 0. The molecule has 2 aromatic rings. The minimum absolute atomic E-state index is 0. The summed E-state index contributed by atoms with van der Waals surface area (Å²) in [5, 5.41) is 11.3. The van der Waals surface area contributed by atoms with Gasteiger partial charge in [-0.2, -0.15) is 5.10 Å². The molecular formula is C23H38IN7O2. The lowest BCUT2D eigenvalue weighted by Crippen LogP contribution is -2.40. The van der Waals surface area contributed by atoms with E-state index in [9.17, 15) is 4.79 Å². The third kappa shape index (κ3) is 6.84. The molecule has 0 spiro atoms. The first kappa shape index (κ1) is 25.8. The Kier molecular flexibility index (Phi) is 10.3. The zero-order chi connectivity index (χ0) is 22.2. The van der Waals surface area contributed by atoms with Crippen molar-refractivity contribution in [2.75, 3.05) is 32.7 Å². The molecule has 1 fully saturated rings. The standard InChI is InChI=1S/C23H37N7O2.HI/c1-2-24-22(25-12-9-16-30-23(31)29-15-7-4-11-21(29)27-30)26-18-19(20-10-8-17-32-20)28-13-5-3-6-14-28;/h8,10,17,19H,2-7,9,11-16,18H2,1H3,(H2,24,25,26);1H. The van der Waals surface area contributed by atoms with Crippen molar-refractivity contribution in [2.45, 2.75) is 71.0 Å². The second kappa shape index (κ2) is 13.2. The number of hydrogen-bond acceptors (Lipinski definition) is 5. The van der Waals surface area contributed by atoms with Crippen molar-refractivity contribution in [1.82, 2.24) is 29.9 Å². The van der Waals surface area contributed by atoms with Crippen LogP contribution in [0.25, 0.3) is 0 Å². The lowest BCUT2D eigenvalue weighted by molar-refractivity contribution is 0.150. The van der Waals surface area contributed by atoms with E-state index < -0.39 is 0 Å². The largest absolute Gasteiger partial charge is 0.468 e. The number of halogens is 1.